The van der Waals surface area contributed by atoms with Gasteiger partial charge < -0.3 is 25.0 Å². The molecule has 3 amide bonds. The molecule has 0 bridgehead atoms. The molecule has 2 N–H and O–H groups in total. The number of benzene rings is 1. The number of hydrogen-bond acceptors (Lipinski definition) is 8. The highest BCUT2D eigenvalue weighted by Gasteiger charge is 2.42. The van der Waals surface area contributed by atoms with Crippen LogP contribution in [0.2, 0.25) is 0 Å². The number of likely N-dealkylation sites (tertiary alicyclic amines) is 1. The number of carbonyl (C=O) groups excluding carboxylic acids is 3. The Morgan fingerprint density at radius 1 is 1.08 bits per heavy atom. The van der Waals surface area contributed by atoms with Crippen LogP contribution < -0.4 is 15.4 Å². The summed E-state index contributed by atoms with van der Waals surface area (Å²) in [5.74, 6) is 0.192. The van der Waals surface area contributed by atoms with Crippen molar-refractivity contribution in [3.8, 4) is 5.75 Å². The van der Waals surface area contributed by atoms with Gasteiger partial charge in [-0.2, -0.15) is 0 Å². The minimum atomic E-state index is -0.646. The average molecular weight is 528 g/mol. The van der Waals surface area contributed by atoms with Gasteiger partial charge >= 0.3 is 0 Å². The monoisotopic (exact) mass is 527 g/mol. The molecule has 4 rings (SSSR count). The first-order valence-electron chi connectivity index (χ1n) is 13.3. The third-order valence-corrected chi connectivity index (χ3v) is 7.40. The van der Waals surface area contributed by atoms with Crippen LogP contribution in [0, 0.1) is 12.3 Å². The number of ether oxygens (including phenoxy) is 2. The maximum absolute atomic E-state index is 13.4. The number of carbonyl (C=O) groups is 3. The highest BCUT2D eigenvalue weighted by Crippen LogP contribution is 2.38. The molecule has 0 saturated carbocycles. The Morgan fingerprint density at radius 2 is 1.82 bits per heavy atom. The lowest BCUT2D eigenvalue weighted by atomic mass is 9.73. The van der Waals surface area contributed by atoms with Gasteiger partial charge in [-0.1, -0.05) is 16.7 Å². The second-order valence-electron chi connectivity index (χ2n) is 10.3. The third kappa shape index (κ3) is 6.69. The van der Waals surface area contributed by atoms with Crippen molar-refractivity contribution in [2.45, 2.75) is 71.6 Å². The van der Waals surface area contributed by atoms with Crippen LogP contribution in [0.5, 0.6) is 5.75 Å². The zero-order valence-electron chi connectivity index (χ0n) is 22.3. The van der Waals surface area contributed by atoms with E-state index in [1.54, 1.807) is 43.0 Å². The summed E-state index contributed by atoms with van der Waals surface area (Å²) in [6.07, 6.45) is 3.47. The van der Waals surface area contributed by atoms with E-state index in [1.165, 1.54) is 0 Å². The van der Waals surface area contributed by atoms with Crippen molar-refractivity contribution in [2.75, 3.05) is 26.3 Å². The van der Waals surface area contributed by atoms with Crippen LogP contribution in [0.3, 0.4) is 0 Å². The van der Waals surface area contributed by atoms with Gasteiger partial charge in [0.2, 0.25) is 11.8 Å². The summed E-state index contributed by atoms with van der Waals surface area (Å²) in [5, 5.41) is 13.4. The van der Waals surface area contributed by atoms with Crippen molar-refractivity contribution in [2.24, 2.45) is 5.41 Å². The fourth-order valence-electron chi connectivity index (χ4n) is 4.89. The molecule has 1 aromatic heterocycles. The number of amides is 3. The van der Waals surface area contributed by atoms with Crippen LogP contribution in [-0.4, -0.2) is 71.3 Å². The van der Waals surface area contributed by atoms with Gasteiger partial charge in [-0.3, -0.25) is 14.4 Å². The lowest BCUT2D eigenvalue weighted by Crippen LogP contribution is -2.55. The van der Waals surface area contributed by atoms with Crippen LogP contribution in [0.25, 0.3) is 0 Å². The summed E-state index contributed by atoms with van der Waals surface area (Å²) in [4.78, 5) is 41.0. The molecule has 0 unspecified atom stereocenters. The van der Waals surface area contributed by atoms with Gasteiger partial charge in [-0.05, 0) is 70.7 Å². The second kappa shape index (κ2) is 12.4. The number of nitrogens with one attached hydrogen (secondary N) is 2. The van der Waals surface area contributed by atoms with E-state index in [-0.39, 0.29) is 30.4 Å². The Bertz CT molecular complexity index is 1110. The number of aromatic nitrogens is 2. The molecule has 38 heavy (non-hydrogen) atoms. The molecule has 11 heteroatoms. The number of nitrogens with zero attached hydrogens (tertiary/aromatic N) is 3. The van der Waals surface area contributed by atoms with Gasteiger partial charge in [-0.15, -0.1) is 0 Å². The normalized spacial score (nSPS) is 23.0. The average Bonchev–Trinajstić information content (AvgIpc) is 3.33. The van der Waals surface area contributed by atoms with E-state index in [4.69, 9.17) is 9.47 Å². The number of hydrogen-bond donors (Lipinski definition) is 2. The Morgan fingerprint density at radius 3 is 2.50 bits per heavy atom. The quantitative estimate of drug-likeness (QED) is 0.619. The van der Waals surface area contributed by atoms with E-state index in [9.17, 15) is 14.4 Å². The first-order valence-corrected chi connectivity index (χ1v) is 13.3. The molecular weight excluding hydrogens is 490 g/mol. The molecule has 1 aromatic carbocycles. The summed E-state index contributed by atoms with van der Waals surface area (Å²) in [6.45, 7) is 7.58. The van der Waals surface area contributed by atoms with Gasteiger partial charge in [0.15, 0.2) is 0 Å². The molecule has 0 radical (unpaired) electrons. The van der Waals surface area contributed by atoms with Crippen molar-refractivity contribution in [3.05, 3.63) is 41.2 Å². The molecule has 2 saturated heterocycles. The van der Waals surface area contributed by atoms with Gasteiger partial charge in [0.05, 0.1) is 12.0 Å². The van der Waals surface area contributed by atoms with Crippen LogP contribution in [0.4, 0.5) is 0 Å². The molecule has 1 spiro atoms. The predicted octanol–water partition coefficient (Wildman–Crippen LogP) is 2.39. The van der Waals surface area contributed by atoms with Crippen molar-refractivity contribution in [1.29, 1.82) is 0 Å². The zero-order valence-corrected chi connectivity index (χ0v) is 22.3. The molecule has 2 aliphatic heterocycles. The fraction of sp³-hybridized carbons (Fsp3) is 0.593. The summed E-state index contributed by atoms with van der Waals surface area (Å²) in [5.41, 5.74) is 1.24. The van der Waals surface area contributed by atoms with E-state index in [2.05, 4.69) is 25.6 Å². The Balaban J connectivity index is 1.36. The summed E-state index contributed by atoms with van der Waals surface area (Å²) < 4.78 is 16.1. The lowest BCUT2D eigenvalue weighted by Gasteiger charge is -2.41. The second-order valence-corrected chi connectivity index (χ2v) is 10.3. The molecule has 3 heterocycles. The largest absolute Gasteiger partial charge is 0.487 e. The minimum absolute atomic E-state index is 0.0804. The molecule has 2 aromatic rings. The Kier molecular flexibility index (Phi) is 8.98. The summed E-state index contributed by atoms with van der Waals surface area (Å²) in [6, 6.07) is 6.21. The SMILES string of the molecule is Cc1nonc1COc1ccc(C(=O)N2CCC3(CCCCOC[C@H](C)NC(=O)[C@H](C)NC3=O)CC2)cc1. The van der Waals surface area contributed by atoms with Crippen molar-refractivity contribution in [3.63, 3.8) is 0 Å². The molecular formula is C27H37N5O6. The van der Waals surface area contributed by atoms with E-state index in [1.807, 2.05) is 6.92 Å². The van der Waals surface area contributed by atoms with Crippen LogP contribution in [0.1, 0.15) is 67.7 Å². The van der Waals surface area contributed by atoms with Gasteiger partial charge in [0.25, 0.3) is 5.91 Å². The van der Waals surface area contributed by atoms with Crippen LogP contribution in [0.15, 0.2) is 28.9 Å². The molecule has 2 atom stereocenters. The zero-order chi connectivity index (χ0) is 27.1. The number of piperidine rings is 1. The van der Waals surface area contributed by atoms with E-state index < -0.39 is 11.5 Å². The maximum atomic E-state index is 13.4. The Labute approximate surface area is 222 Å². The van der Waals surface area contributed by atoms with Crippen LogP contribution >= 0.6 is 0 Å². The highest BCUT2D eigenvalue weighted by atomic mass is 16.6. The first kappa shape index (κ1) is 27.6. The summed E-state index contributed by atoms with van der Waals surface area (Å²) in [7, 11) is 0. The fourth-order valence-corrected chi connectivity index (χ4v) is 4.89. The van der Waals surface area contributed by atoms with Gasteiger partial charge in [0, 0.05) is 31.3 Å². The maximum Gasteiger partial charge on any atom is 0.253 e. The number of rotatable bonds is 4. The van der Waals surface area contributed by atoms with Gasteiger partial charge in [0.1, 0.15) is 29.8 Å². The standard InChI is InChI=1S/C27H37N5O6/c1-18-16-36-15-5-4-10-27(26(35)29-20(3)24(33)28-18)11-13-32(14-12-27)25(34)21-6-8-22(9-7-21)37-17-23-19(2)30-38-31-23/h6-9,18,20H,4-5,10-17H2,1-3H3,(H,28,33)(H,29,35)/t18-,20-/m0/s1. The molecule has 11 nitrogen and oxygen atoms in total. The molecule has 206 valence electrons. The highest BCUT2D eigenvalue weighted by molar-refractivity contribution is 5.95. The number of aryl methyl sites for hydroxylation is 1. The molecule has 0 aliphatic carbocycles. The first-order chi connectivity index (χ1) is 18.3. The molecule has 2 aliphatic rings. The minimum Gasteiger partial charge on any atom is -0.487 e. The Hall–Kier alpha value is -3.47. The lowest BCUT2D eigenvalue weighted by molar-refractivity contribution is -0.137. The van der Waals surface area contributed by atoms with E-state index in [0.717, 1.165) is 12.8 Å². The summed E-state index contributed by atoms with van der Waals surface area (Å²) >= 11 is 0. The third-order valence-electron chi connectivity index (χ3n) is 7.40. The topological polar surface area (TPSA) is 136 Å². The van der Waals surface area contributed by atoms with Crippen LogP contribution in [-0.2, 0) is 20.9 Å². The van der Waals surface area contributed by atoms with Crippen molar-refractivity contribution < 1.29 is 28.5 Å². The van der Waals surface area contributed by atoms with Gasteiger partial charge in [-0.25, -0.2) is 4.63 Å². The van der Waals surface area contributed by atoms with Crippen molar-refractivity contribution in [1.82, 2.24) is 25.8 Å². The molecule has 2 fully saturated rings. The van der Waals surface area contributed by atoms with E-state index in [0.29, 0.717) is 68.3 Å². The smallest absolute Gasteiger partial charge is 0.253 e. The van der Waals surface area contributed by atoms with E-state index >= 15 is 0 Å². The van der Waals surface area contributed by atoms with Crippen molar-refractivity contribution >= 4 is 17.7 Å². The predicted molar refractivity (Wildman–Crippen MR) is 137 cm³/mol.